The molecule has 0 saturated heterocycles. The number of nitrogens with zero attached hydrogens (tertiary/aromatic N) is 6. The highest BCUT2D eigenvalue weighted by Crippen LogP contribution is 2.48. The smallest absolute Gasteiger partial charge is 0.294 e. The van der Waals surface area contributed by atoms with E-state index < -0.39 is 46.9 Å². The summed E-state index contributed by atoms with van der Waals surface area (Å²) in [6.07, 6.45) is 11.7. The number of unbranched alkanes of at least 4 members (excludes halogenated alkanes) is 2. The lowest BCUT2D eigenvalue weighted by molar-refractivity contribution is -0.437. The van der Waals surface area contributed by atoms with Gasteiger partial charge in [0.1, 0.15) is 6.54 Å². The summed E-state index contributed by atoms with van der Waals surface area (Å²) in [5.74, 6) is 0.354. The molecule has 20 heteroatoms. The van der Waals surface area contributed by atoms with Gasteiger partial charge in [-0.05, 0) is 81.1 Å². The maximum Gasteiger partial charge on any atom is 0.294 e. The van der Waals surface area contributed by atoms with E-state index in [9.17, 15) is 43.7 Å². The molecular formula is C44H52N7O10S3+. The number of fused-ring (bicyclic) bond motifs is 2. The molecule has 0 aliphatic carbocycles. The van der Waals surface area contributed by atoms with Gasteiger partial charge in [-0.1, -0.05) is 62.8 Å². The average Bonchev–Trinajstić information content (AvgIpc) is 3.56. The second-order valence-electron chi connectivity index (χ2n) is 16.7. The van der Waals surface area contributed by atoms with Gasteiger partial charge in [-0.3, -0.25) is 18.5 Å². The zero-order valence-corrected chi connectivity index (χ0v) is 38.6. The lowest BCUT2D eigenvalue weighted by Gasteiger charge is -2.27. The van der Waals surface area contributed by atoms with Crippen molar-refractivity contribution >= 4 is 53.3 Å². The van der Waals surface area contributed by atoms with E-state index in [2.05, 4.69) is 30.6 Å². The van der Waals surface area contributed by atoms with E-state index >= 15 is 0 Å². The number of anilines is 1. The molecule has 0 atom stereocenters. The molecule has 3 aromatic carbocycles. The van der Waals surface area contributed by atoms with Gasteiger partial charge in [-0.15, -0.1) is 20.4 Å². The molecule has 3 heterocycles. The van der Waals surface area contributed by atoms with Gasteiger partial charge in [0.25, 0.3) is 30.4 Å². The first-order valence-corrected chi connectivity index (χ1v) is 25.0. The zero-order valence-electron chi connectivity index (χ0n) is 36.1. The molecule has 1 aromatic heterocycles. The number of benzene rings is 3. The van der Waals surface area contributed by atoms with Crippen molar-refractivity contribution < 1.29 is 48.3 Å². The highest BCUT2D eigenvalue weighted by Gasteiger charge is 2.45. The lowest BCUT2D eigenvalue weighted by atomic mass is 9.81. The van der Waals surface area contributed by atoms with Crippen LogP contribution in [0.25, 0.3) is 11.4 Å². The minimum absolute atomic E-state index is 0.0735. The van der Waals surface area contributed by atoms with E-state index in [1.165, 1.54) is 24.3 Å². The van der Waals surface area contributed by atoms with E-state index in [0.29, 0.717) is 48.8 Å². The second-order valence-corrected chi connectivity index (χ2v) is 21.2. The number of rotatable bonds is 18. The topological polar surface area (TPSA) is 250 Å². The van der Waals surface area contributed by atoms with E-state index in [0.717, 1.165) is 46.6 Å². The SMILES string of the molecule is Cc1nnc(-c2ccc(CNC(=O)CCCCCN3C(=CC=CC=CC4=[N+](CCCS(=O)(=O)O)c5ccc(S(=O)(=O)O)cc5C4(C)C)C(C)(C)c4cc(S(=O)(=O)O)ccc43)cc2)nn1. The third kappa shape index (κ3) is 11.2. The van der Waals surface area contributed by atoms with Gasteiger partial charge < -0.3 is 10.2 Å². The number of nitrogens with one attached hydrogen (secondary N) is 1. The second kappa shape index (κ2) is 18.9. The summed E-state index contributed by atoms with van der Waals surface area (Å²) in [5.41, 5.74) is 4.59. The predicted octanol–water partition coefficient (Wildman–Crippen LogP) is 6.06. The maximum atomic E-state index is 12.8. The predicted molar refractivity (Wildman–Crippen MR) is 241 cm³/mol. The Hall–Kier alpha value is -5.51. The number of amides is 1. The number of allylic oxidation sites excluding steroid dienone is 6. The monoisotopic (exact) mass is 934 g/mol. The molecule has 0 spiro atoms. The van der Waals surface area contributed by atoms with Crippen LogP contribution in [0.2, 0.25) is 0 Å². The average molecular weight is 935 g/mol. The quantitative estimate of drug-likeness (QED) is 0.0383. The van der Waals surface area contributed by atoms with Crippen molar-refractivity contribution in [2.24, 2.45) is 0 Å². The van der Waals surface area contributed by atoms with Gasteiger partial charge >= 0.3 is 0 Å². The number of carbonyl (C=O) groups excluding carboxylic acids is 1. The molecule has 4 N–H and O–H groups in total. The first-order chi connectivity index (χ1) is 30.0. The van der Waals surface area contributed by atoms with Gasteiger partial charge in [-0.2, -0.15) is 29.8 Å². The Morgan fingerprint density at radius 1 is 0.750 bits per heavy atom. The molecule has 0 unspecified atom stereocenters. The van der Waals surface area contributed by atoms with E-state index in [4.69, 9.17) is 0 Å². The van der Waals surface area contributed by atoms with Crippen LogP contribution in [0.15, 0.2) is 107 Å². The van der Waals surface area contributed by atoms with Crippen molar-refractivity contribution in [3.05, 3.63) is 119 Å². The Bertz CT molecular complexity index is 2890. The molecule has 340 valence electrons. The van der Waals surface area contributed by atoms with Crippen LogP contribution in [0.3, 0.4) is 0 Å². The number of aryl methyl sites for hydroxylation is 1. The van der Waals surface area contributed by atoms with Gasteiger partial charge in [-0.25, -0.2) is 0 Å². The summed E-state index contributed by atoms with van der Waals surface area (Å²) < 4.78 is 102. The maximum absolute atomic E-state index is 12.8. The number of aromatic nitrogens is 4. The fourth-order valence-electron chi connectivity index (χ4n) is 8.06. The van der Waals surface area contributed by atoms with Crippen LogP contribution in [-0.4, -0.2) is 94.3 Å². The number of carbonyl (C=O) groups is 1. The van der Waals surface area contributed by atoms with Crippen LogP contribution in [0, 0.1) is 6.92 Å². The van der Waals surface area contributed by atoms with Gasteiger partial charge in [0.15, 0.2) is 11.5 Å². The van der Waals surface area contributed by atoms with Crippen LogP contribution in [0.1, 0.15) is 82.3 Å². The molecule has 0 bridgehead atoms. The molecule has 6 rings (SSSR count). The Morgan fingerprint density at radius 3 is 2.03 bits per heavy atom. The largest absolute Gasteiger partial charge is 0.352 e. The van der Waals surface area contributed by atoms with Crippen molar-refractivity contribution in [2.75, 3.05) is 23.7 Å². The summed E-state index contributed by atoms with van der Waals surface area (Å²) in [6.45, 7) is 10.5. The summed E-state index contributed by atoms with van der Waals surface area (Å²) in [5, 5.41) is 18.9. The molecule has 2 aliphatic rings. The Balaban J connectivity index is 1.15. The van der Waals surface area contributed by atoms with E-state index in [1.54, 1.807) is 31.2 Å². The van der Waals surface area contributed by atoms with E-state index in [1.807, 2.05) is 74.8 Å². The molecular weight excluding hydrogens is 883 g/mol. The highest BCUT2D eigenvalue weighted by atomic mass is 32.2. The molecule has 0 fully saturated rings. The van der Waals surface area contributed by atoms with Gasteiger partial charge in [0.05, 0.1) is 21.0 Å². The van der Waals surface area contributed by atoms with Crippen LogP contribution in [0.4, 0.5) is 11.4 Å². The van der Waals surface area contributed by atoms with Crippen LogP contribution >= 0.6 is 0 Å². The Labute approximate surface area is 374 Å². The van der Waals surface area contributed by atoms with Crippen molar-refractivity contribution in [2.45, 2.75) is 93.9 Å². The lowest BCUT2D eigenvalue weighted by Crippen LogP contribution is -2.28. The van der Waals surface area contributed by atoms with Crippen molar-refractivity contribution in [3.63, 3.8) is 0 Å². The zero-order chi connectivity index (χ0) is 46.7. The fourth-order valence-corrected chi connectivity index (χ4v) is 9.57. The molecule has 17 nitrogen and oxygen atoms in total. The van der Waals surface area contributed by atoms with Crippen LogP contribution in [0.5, 0.6) is 0 Å². The third-order valence-corrected chi connectivity index (χ3v) is 13.9. The third-order valence-electron chi connectivity index (χ3n) is 11.4. The van der Waals surface area contributed by atoms with Crippen molar-refractivity contribution in [1.82, 2.24) is 25.7 Å². The summed E-state index contributed by atoms with van der Waals surface area (Å²) >= 11 is 0. The summed E-state index contributed by atoms with van der Waals surface area (Å²) in [7, 11) is -13.2. The van der Waals surface area contributed by atoms with Crippen LogP contribution < -0.4 is 10.2 Å². The minimum atomic E-state index is -4.50. The summed E-state index contributed by atoms with van der Waals surface area (Å²) in [4.78, 5) is 14.4. The van der Waals surface area contributed by atoms with Crippen molar-refractivity contribution in [1.29, 1.82) is 0 Å². The Kier molecular flexibility index (Phi) is 14.2. The molecule has 2 aliphatic heterocycles. The van der Waals surface area contributed by atoms with E-state index in [-0.39, 0.29) is 28.7 Å². The Morgan fingerprint density at radius 2 is 1.39 bits per heavy atom. The van der Waals surface area contributed by atoms with Crippen LogP contribution in [-0.2, 0) is 52.5 Å². The van der Waals surface area contributed by atoms with Gasteiger partial charge in [0, 0.05) is 66.0 Å². The molecule has 0 saturated carbocycles. The number of hydrogen-bond acceptors (Lipinski definition) is 12. The molecule has 1 amide bonds. The first kappa shape index (κ1) is 48.0. The minimum Gasteiger partial charge on any atom is -0.352 e. The summed E-state index contributed by atoms with van der Waals surface area (Å²) in [6, 6.07) is 16.3. The first-order valence-electron chi connectivity index (χ1n) is 20.5. The number of hydrogen-bond donors (Lipinski definition) is 4. The highest BCUT2D eigenvalue weighted by molar-refractivity contribution is 7.86. The standard InChI is InChI=1S/C44H51N7O10S3/c1-30-46-48-42(49-47-30)32-18-16-31(17-19-32)29-45-41(52)15-10-7-11-24-50-37-22-20-33(63(56,57)58)27-35(37)43(2,3)39(50)13-8-6-9-14-40-44(4,5)36-28-34(64(59,60)61)21-23-38(36)51(40)25-12-26-62(53,54)55/h6,8-9,13-14,16-23,27-28H,7,10-12,15,24-26,29H2,1-5H3,(H3-,45,52,53,54,55,56,57,58,59,60,61)/p+1. The molecule has 0 radical (unpaired) electrons. The van der Waals surface area contributed by atoms with Crippen molar-refractivity contribution in [3.8, 4) is 11.4 Å². The molecule has 64 heavy (non-hydrogen) atoms. The fraction of sp³-hybridized carbons (Fsp3) is 0.364. The normalized spacial score (nSPS) is 16.6. The molecule has 4 aromatic rings. The van der Waals surface area contributed by atoms with Gasteiger partial charge in [0.2, 0.25) is 17.4 Å².